The summed E-state index contributed by atoms with van der Waals surface area (Å²) in [5.41, 5.74) is 1.86. The highest BCUT2D eigenvalue weighted by atomic mass is 16.5. The number of hydrazone groups is 1. The smallest absolute Gasteiger partial charge is 0.161 e. The molecular weight excluding hydrogens is 360 g/mol. The van der Waals surface area contributed by atoms with Crippen LogP contribution in [0.1, 0.15) is 17.5 Å². The number of ether oxygens (including phenoxy) is 2. The van der Waals surface area contributed by atoms with E-state index in [0.29, 0.717) is 22.8 Å². The topological polar surface area (TPSA) is 114 Å². The zero-order chi connectivity index (χ0) is 20.5. The quantitative estimate of drug-likeness (QED) is 0.280. The highest BCUT2D eigenvalue weighted by Gasteiger charge is 2.05. The van der Waals surface area contributed by atoms with Crippen molar-refractivity contribution in [1.29, 1.82) is 0 Å². The molecule has 0 bridgehead atoms. The lowest BCUT2D eigenvalue weighted by Crippen LogP contribution is -2.05. The third-order valence-electron chi connectivity index (χ3n) is 3.86. The number of hydrogen-bond acceptors (Lipinski definition) is 7. The summed E-state index contributed by atoms with van der Waals surface area (Å²) in [6, 6.07) is 9.64. The second-order valence-electron chi connectivity index (χ2n) is 5.79. The number of allylic oxidation sites excluding steroid dienone is 2. The zero-order valence-electron chi connectivity index (χ0n) is 15.6. The Balaban J connectivity index is 2.03. The van der Waals surface area contributed by atoms with E-state index in [2.05, 4.69) is 5.10 Å². The number of phenols is 2. The lowest BCUT2D eigenvalue weighted by atomic mass is 10.1. The fourth-order valence-corrected chi connectivity index (χ4v) is 2.36. The van der Waals surface area contributed by atoms with Crippen molar-refractivity contribution in [3.05, 3.63) is 59.7 Å². The van der Waals surface area contributed by atoms with Crippen LogP contribution in [0.5, 0.6) is 23.0 Å². The van der Waals surface area contributed by atoms with Crippen LogP contribution in [0.2, 0.25) is 0 Å². The number of hydrogen-bond donors (Lipinski definition) is 3. The van der Waals surface area contributed by atoms with E-state index in [1.54, 1.807) is 42.5 Å². The second kappa shape index (κ2) is 9.82. The molecule has 2 aromatic rings. The number of benzene rings is 2. The largest absolute Gasteiger partial charge is 0.504 e. The van der Waals surface area contributed by atoms with Crippen molar-refractivity contribution in [3.8, 4) is 23.0 Å². The van der Waals surface area contributed by atoms with Gasteiger partial charge in [0, 0.05) is 0 Å². The van der Waals surface area contributed by atoms with Crippen LogP contribution < -0.4 is 15.3 Å². The third-order valence-corrected chi connectivity index (χ3v) is 3.86. The fraction of sp³-hybridized carbons (Fsp3) is 0.143. The molecule has 2 rings (SSSR count). The number of nitrogens with two attached hydrogens (primary N) is 1. The van der Waals surface area contributed by atoms with Crippen LogP contribution in [0.3, 0.4) is 0 Å². The molecule has 0 fully saturated rings. The molecule has 28 heavy (non-hydrogen) atoms. The first kappa shape index (κ1) is 20.6. The minimum absolute atomic E-state index is 0.0218. The lowest BCUT2D eigenvalue weighted by Gasteiger charge is -2.04. The standard InChI is InChI=1S/C21H22N2O5/c1-27-20-11-14(5-9-18(20)25)3-7-16(23-22)13-17(24)8-4-15-6-10-19(26)21(12-15)28-2/h3-12,25-26H,13,22H2,1-2H3/b7-3+,8-4+,23-16?. The molecule has 0 aromatic heterocycles. The van der Waals surface area contributed by atoms with Gasteiger partial charge in [-0.2, -0.15) is 5.10 Å². The van der Waals surface area contributed by atoms with Gasteiger partial charge in [0.2, 0.25) is 0 Å². The molecule has 0 aliphatic heterocycles. The van der Waals surface area contributed by atoms with Crippen LogP contribution in [0.25, 0.3) is 12.2 Å². The Morgan fingerprint density at radius 2 is 1.46 bits per heavy atom. The van der Waals surface area contributed by atoms with Gasteiger partial charge in [0.25, 0.3) is 0 Å². The summed E-state index contributed by atoms with van der Waals surface area (Å²) in [6.45, 7) is 0. The molecule has 0 spiro atoms. The van der Waals surface area contributed by atoms with Crippen molar-refractivity contribution >= 4 is 23.6 Å². The Hall–Kier alpha value is -3.74. The minimum Gasteiger partial charge on any atom is -0.504 e. The van der Waals surface area contributed by atoms with Gasteiger partial charge < -0.3 is 25.5 Å². The SMILES string of the molecule is COc1cc(/C=C/C(=O)CC(/C=C/c2ccc(O)c(OC)c2)=NN)ccc1O. The summed E-state index contributed by atoms with van der Waals surface area (Å²) in [5, 5.41) is 22.8. The van der Waals surface area contributed by atoms with E-state index in [9.17, 15) is 15.0 Å². The van der Waals surface area contributed by atoms with Crippen molar-refractivity contribution in [2.75, 3.05) is 14.2 Å². The summed E-state index contributed by atoms with van der Waals surface area (Å²) in [6.07, 6.45) is 6.39. The van der Waals surface area contributed by atoms with E-state index < -0.39 is 0 Å². The Morgan fingerprint density at radius 3 is 1.93 bits per heavy atom. The van der Waals surface area contributed by atoms with Gasteiger partial charge in [0.1, 0.15) is 0 Å². The summed E-state index contributed by atoms with van der Waals surface area (Å²) < 4.78 is 10.1. The number of aromatic hydroxyl groups is 2. The Morgan fingerprint density at radius 1 is 0.964 bits per heavy atom. The number of carbonyl (C=O) groups is 1. The Bertz CT molecular complexity index is 932. The van der Waals surface area contributed by atoms with Crippen molar-refractivity contribution in [2.45, 2.75) is 6.42 Å². The van der Waals surface area contributed by atoms with Gasteiger partial charge in [0.15, 0.2) is 28.8 Å². The highest BCUT2D eigenvalue weighted by Crippen LogP contribution is 2.27. The molecule has 0 unspecified atom stereocenters. The predicted molar refractivity (Wildman–Crippen MR) is 109 cm³/mol. The van der Waals surface area contributed by atoms with Crippen LogP contribution in [0, 0.1) is 0 Å². The molecule has 0 atom stereocenters. The maximum absolute atomic E-state index is 12.2. The Kier molecular flexibility index (Phi) is 7.21. The van der Waals surface area contributed by atoms with Gasteiger partial charge in [-0.05, 0) is 47.5 Å². The number of carbonyl (C=O) groups excluding carboxylic acids is 1. The average molecular weight is 382 g/mol. The molecule has 7 heteroatoms. The molecule has 0 aliphatic carbocycles. The number of methoxy groups -OCH3 is 2. The summed E-state index contributed by atoms with van der Waals surface area (Å²) >= 11 is 0. The first-order valence-electron chi connectivity index (χ1n) is 8.36. The van der Waals surface area contributed by atoms with Crippen LogP contribution in [0.15, 0.2) is 53.7 Å². The highest BCUT2D eigenvalue weighted by molar-refractivity contribution is 6.13. The van der Waals surface area contributed by atoms with E-state index in [4.69, 9.17) is 15.3 Å². The molecule has 2 aromatic carbocycles. The maximum atomic E-state index is 12.2. The van der Waals surface area contributed by atoms with E-state index in [0.717, 1.165) is 5.56 Å². The minimum atomic E-state index is -0.191. The first-order chi connectivity index (χ1) is 13.5. The molecule has 7 nitrogen and oxygen atoms in total. The van der Waals surface area contributed by atoms with Crippen molar-refractivity contribution < 1.29 is 24.5 Å². The molecule has 0 heterocycles. The maximum Gasteiger partial charge on any atom is 0.161 e. The molecule has 0 aliphatic rings. The molecule has 146 valence electrons. The first-order valence-corrected chi connectivity index (χ1v) is 8.36. The van der Waals surface area contributed by atoms with Crippen LogP contribution >= 0.6 is 0 Å². The monoisotopic (exact) mass is 382 g/mol. The second-order valence-corrected chi connectivity index (χ2v) is 5.79. The van der Waals surface area contributed by atoms with E-state index in [1.807, 2.05) is 0 Å². The van der Waals surface area contributed by atoms with Gasteiger partial charge >= 0.3 is 0 Å². The number of nitrogens with zero attached hydrogens (tertiary/aromatic N) is 1. The van der Waals surface area contributed by atoms with Gasteiger partial charge in [0.05, 0.1) is 26.4 Å². The molecule has 4 N–H and O–H groups in total. The van der Waals surface area contributed by atoms with Crippen LogP contribution in [-0.2, 0) is 4.79 Å². The molecule has 0 saturated heterocycles. The average Bonchev–Trinajstić information content (AvgIpc) is 2.71. The van der Waals surface area contributed by atoms with Crippen molar-refractivity contribution in [3.63, 3.8) is 0 Å². The molecule has 0 radical (unpaired) electrons. The molecular formula is C21H22N2O5. The Labute approximate surface area is 163 Å². The van der Waals surface area contributed by atoms with Crippen molar-refractivity contribution in [2.24, 2.45) is 10.9 Å². The van der Waals surface area contributed by atoms with E-state index in [1.165, 1.54) is 32.4 Å². The van der Waals surface area contributed by atoms with Crippen molar-refractivity contribution in [1.82, 2.24) is 0 Å². The van der Waals surface area contributed by atoms with E-state index >= 15 is 0 Å². The third kappa shape index (κ3) is 5.63. The summed E-state index contributed by atoms with van der Waals surface area (Å²) in [4.78, 5) is 12.2. The number of phenolic OH excluding ortho intramolecular Hbond substituents is 2. The van der Waals surface area contributed by atoms with Gasteiger partial charge in [-0.15, -0.1) is 0 Å². The van der Waals surface area contributed by atoms with Gasteiger partial charge in [-0.25, -0.2) is 0 Å². The predicted octanol–water partition coefficient (Wildman–Crippen LogP) is 3.12. The number of rotatable bonds is 8. The molecule has 0 saturated carbocycles. The van der Waals surface area contributed by atoms with E-state index in [-0.39, 0.29) is 23.7 Å². The fourth-order valence-electron chi connectivity index (χ4n) is 2.36. The summed E-state index contributed by atoms with van der Waals surface area (Å²) in [7, 11) is 2.91. The number of ketones is 1. The summed E-state index contributed by atoms with van der Waals surface area (Å²) in [5.74, 6) is 5.92. The van der Waals surface area contributed by atoms with Crippen LogP contribution in [-0.4, -0.2) is 35.9 Å². The van der Waals surface area contributed by atoms with Gasteiger partial charge in [-0.1, -0.05) is 24.3 Å². The van der Waals surface area contributed by atoms with Crippen LogP contribution in [0.4, 0.5) is 0 Å². The molecule has 0 amide bonds. The zero-order valence-corrected chi connectivity index (χ0v) is 15.6. The van der Waals surface area contributed by atoms with Gasteiger partial charge in [-0.3, -0.25) is 4.79 Å². The normalized spacial score (nSPS) is 11.9. The lowest BCUT2D eigenvalue weighted by molar-refractivity contribution is -0.113.